The van der Waals surface area contributed by atoms with E-state index < -0.39 is 29.5 Å². The van der Waals surface area contributed by atoms with Gasteiger partial charge in [-0.15, -0.1) is 0 Å². The van der Waals surface area contributed by atoms with Gasteiger partial charge < -0.3 is 10.0 Å². The Morgan fingerprint density at radius 1 is 1.00 bits per heavy atom. The third-order valence-corrected chi connectivity index (χ3v) is 5.19. The van der Waals surface area contributed by atoms with Gasteiger partial charge in [0.1, 0.15) is 5.76 Å². The molecular weight excluding hydrogens is 421 g/mol. The number of aromatic nitrogens is 1. The second-order valence-electron chi connectivity index (χ2n) is 7.28. The number of aliphatic hydroxyl groups excluding tert-OH is 1. The van der Waals surface area contributed by atoms with Gasteiger partial charge in [0, 0.05) is 24.5 Å². The van der Waals surface area contributed by atoms with Crippen molar-refractivity contribution in [3.05, 3.63) is 107 Å². The standard InChI is InChI=1S/C24H17F3N2O3/c25-24(26,27)18-10-4-6-15(12-18)14-29-20(17-9-5-11-28-13-17)19(22(31)23(29)32)21(30)16-7-2-1-3-8-16/h1-13,20,30H,14H2/b21-19+. The molecule has 1 unspecified atom stereocenters. The number of amides is 1. The lowest BCUT2D eigenvalue weighted by molar-refractivity contribution is -0.140. The van der Waals surface area contributed by atoms with Crippen molar-refractivity contribution in [3.63, 3.8) is 0 Å². The first-order valence-corrected chi connectivity index (χ1v) is 9.67. The monoisotopic (exact) mass is 438 g/mol. The predicted octanol–water partition coefficient (Wildman–Crippen LogP) is 4.72. The number of pyridine rings is 1. The van der Waals surface area contributed by atoms with Crippen molar-refractivity contribution in [1.29, 1.82) is 0 Å². The fourth-order valence-electron chi connectivity index (χ4n) is 3.72. The number of ketones is 1. The summed E-state index contributed by atoms with van der Waals surface area (Å²) in [6, 6.07) is 15.1. The Hall–Kier alpha value is -3.94. The molecular formula is C24H17F3N2O3. The van der Waals surface area contributed by atoms with Crippen LogP contribution in [0.1, 0.15) is 28.3 Å². The highest BCUT2D eigenvalue weighted by Crippen LogP contribution is 2.40. The van der Waals surface area contributed by atoms with Crippen LogP contribution in [0.4, 0.5) is 13.2 Å². The van der Waals surface area contributed by atoms with Crippen LogP contribution in [0.15, 0.2) is 84.7 Å². The maximum atomic E-state index is 13.1. The molecule has 32 heavy (non-hydrogen) atoms. The summed E-state index contributed by atoms with van der Waals surface area (Å²) in [7, 11) is 0. The van der Waals surface area contributed by atoms with Gasteiger partial charge in [0.05, 0.1) is 17.2 Å². The summed E-state index contributed by atoms with van der Waals surface area (Å²) < 4.78 is 39.4. The molecule has 8 heteroatoms. The molecule has 0 bridgehead atoms. The van der Waals surface area contributed by atoms with Crippen LogP contribution < -0.4 is 0 Å². The molecule has 1 aliphatic rings. The number of carbonyl (C=O) groups is 2. The Morgan fingerprint density at radius 2 is 1.75 bits per heavy atom. The second kappa shape index (κ2) is 8.30. The number of halogens is 3. The SMILES string of the molecule is O=C1C(=O)N(Cc2cccc(C(F)(F)F)c2)C(c2cccnc2)/C1=C(\O)c1ccccc1. The molecule has 1 atom stereocenters. The van der Waals surface area contributed by atoms with Crippen LogP contribution in [-0.4, -0.2) is 26.7 Å². The maximum Gasteiger partial charge on any atom is 0.416 e. The molecule has 0 radical (unpaired) electrons. The molecule has 1 aromatic heterocycles. The van der Waals surface area contributed by atoms with Crippen LogP contribution in [0.3, 0.4) is 0 Å². The van der Waals surface area contributed by atoms with Gasteiger partial charge in [-0.05, 0) is 29.3 Å². The molecule has 0 spiro atoms. The van der Waals surface area contributed by atoms with Gasteiger partial charge >= 0.3 is 6.18 Å². The topological polar surface area (TPSA) is 70.5 Å². The van der Waals surface area contributed by atoms with Crippen LogP contribution in [-0.2, 0) is 22.3 Å². The van der Waals surface area contributed by atoms with Crippen LogP contribution in [0.2, 0.25) is 0 Å². The van der Waals surface area contributed by atoms with E-state index in [0.29, 0.717) is 11.1 Å². The number of nitrogens with zero attached hydrogens (tertiary/aromatic N) is 2. The van der Waals surface area contributed by atoms with E-state index in [-0.39, 0.29) is 23.4 Å². The first-order valence-electron chi connectivity index (χ1n) is 9.67. The minimum Gasteiger partial charge on any atom is -0.507 e. The van der Waals surface area contributed by atoms with Crippen molar-refractivity contribution in [2.45, 2.75) is 18.8 Å². The summed E-state index contributed by atoms with van der Waals surface area (Å²) in [4.78, 5) is 31.0. The first kappa shape index (κ1) is 21.3. The van der Waals surface area contributed by atoms with Crippen molar-refractivity contribution in [2.75, 3.05) is 0 Å². The lowest BCUT2D eigenvalue weighted by atomic mass is 9.96. The summed E-state index contributed by atoms with van der Waals surface area (Å²) in [5.41, 5.74) is 0.0138. The zero-order valence-corrected chi connectivity index (χ0v) is 16.6. The Balaban J connectivity index is 1.82. The van der Waals surface area contributed by atoms with Crippen molar-refractivity contribution < 1.29 is 27.9 Å². The fraction of sp³-hybridized carbons (Fsp3) is 0.125. The zero-order valence-electron chi connectivity index (χ0n) is 16.6. The summed E-state index contributed by atoms with van der Waals surface area (Å²) in [6.07, 6.45) is -1.58. The molecule has 5 nitrogen and oxygen atoms in total. The molecule has 0 aliphatic carbocycles. The van der Waals surface area contributed by atoms with E-state index in [9.17, 15) is 27.9 Å². The van der Waals surface area contributed by atoms with Gasteiger partial charge in [-0.25, -0.2) is 0 Å². The smallest absolute Gasteiger partial charge is 0.416 e. The summed E-state index contributed by atoms with van der Waals surface area (Å²) in [6.45, 7) is -0.250. The van der Waals surface area contributed by atoms with Gasteiger partial charge in [0.15, 0.2) is 0 Å². The normalized spacial score (nSPS) is 18.2. The third-order valence-electron chi connectivity index (χ3n) is 5.19. The van der Waals surface area contributed by atoms with Crippen molar-refractivity contribution in [1.82, 2.24) is 9.88 Å². The van der Waals surface area contributed by atoms with Gasteiger partial charge in [0.2, 0.25) is 0 Å². The number of likely N-dealkylation sites (tertiary alicyclic amines) is 1. The average molecular weight is 438 g/mol. The molecule has 1 fully saturated rings. The number of hydrogen-bond donors (Lipinski definition) is 1. The molecule has 1 amide bonds. The van der Waals surface area contributed by atoms with Gasteiger partial charge in [-0.1, -0.05) is 48.5 Å². The second-order valence-corrected chi connectivity index (χ2v) is 7.28. The van der Waals surface area contributed by atoms with Crippen molar-refractivity contribution >= 4 is 17.4 Å². The van der Waals surface area contributed by atoms with Crippen molar-refractivity contribution in [2.24, 2.45) is 0 Å². The number of alkyl halides is 3. The van der Waals surface area contributed by atoms with E-state index in [1.165, 1.54) is 24.5 Å². The highest BCUT2D eigenvalue weighted by molar-refractivity contribution is 6.46. The fourth-order valence-corrected chi connectivity index (χ4v) is 3.72. The summed E-state index contributed by atoms with van der Waals surface area (Å²) >= 11 is 0. The minimum atomic E-state index is -4.54. The zero-order chi connectivity index (χ0) is 22.9. The Kier molecular flexibility index (Phi) is 5.52. The molecule has 2 heterocycles. The quantitative estimate of drug-likeness (QED) is 0.364. The maximum absolute atomic E-state index is 13.1. The van der Waals surface area contributed by atoms with E-state index in [2.05, 4.69) is 4.98 Å². The molecule has 4 rings (SSSR count). The lowest BCUT2D eigenvalue weighted by Crippen LogP contribution is -2.29. The molecule has 2 aromatic carbocycles. The highest BCUT2D eigenvalue weighted by Gasteiger charge is 2.46. The number of Topliss-reactive ketones (excluding diaryl/α,β-unsaturated/α-hetero) is 1. The van der Waals surface area contributed by atoms with Crippen LogP contribution in [0.5, 0.6) is 0 Å². The van der Waals surface area contributed by atoms with E-state index in [1.54, 1.807) is 42.5 Å². The Labute approximate surface area is 181 Å². The van der Waals surface area contributed by atoms with Crippen LogP contribution in [0, 0.1) is 0 Å². The number of hydrogen-bond acceptors (Lipinski definition) is 4. The van der Waals surface area contributed by atoms with Crippen molar-refractivity contribution in [3.8, 4) is 0 Å². The molecule has 3 aromatic rings. The molecule has 0 saturated carbocycles. The largest absolute Gasteiger partial charge is 0.507 e. The Morgan fingerprint density at radius 3 is 2.41 bits per heavy atom. The molecule has 1 aliphatic heterocycles. The number of carbonyl (C=O) groups excluding carboxylic acids is 2. The summed E-state index contributed by atoms with van der Waals surface area (Å²) in [5.74, 6) is -2.18. The minimum absolute atomic E-state index is 0.138. The highest BCUT2D eigenvalue weighted by atomic mass is 19.4. The van der Waals surface area contributed by atoms with Gasteiger partial charge in [-0.2, -0.15) is 13.2 Å². The number of rotatable bonds is 4. The summed E-state index contributed by atoms with van der Waals surface area (Å²) in [5, 5.41) is 10.9. The average Bonchev–Trinajstić information content (AvgIpc) is 3.04. The molecule has 162 valence electrons. The van der Waals surface area contributed by atoms with Gasteiger partial charge in [0.25, 0.3) is 11.7 Å². The molecule has 1 saturated heterocycles. The Bertz CT molecular complexity index is 1190. The first-order chi connectivity index (χ1) is 15.3. The number of benzene rings is 2. The third kappa shape index (κ3) is 3.99. The van der Waals surface area contributed by atoms with E-state index in [0.717, 1.165) is 17.0 Å². The van der Waals surface area contributed by atoms with Gasteiger partial charge in [-0.3, -0.25) is 14.6 Å². The predicted molar refractivity (Wildman–Crippen MR) is 110 cm³/mol. The van der Waals surface area contributed by atoms with E-state index in [4.69, 9.17) is 0 Å². The van der Waals surface area contributed by atoms with Crippen LogP contribution in [0.25, 0.3) is 5.76 Å². The van der Waals surface area contributed by atoms with Crippen LogP contribution >= 0.6 is 0 Å². The molecule has 1 N–H and O–H groups in total. The lowest BCUT2D eigenvalue weighted by Gasteiger charge is -2.25. The van der Waals surface area contributed by atoms with E-state index in [1.807, 2.05) is 0 Å². The van der Waals surface area contributed by atoms with E-state index >= 15 is 0 Å². The number of aliphatic hydroxyl groups is 1.